The van der Waals surface area contributed by atoms with Crippen LogP contribution in [0.2, 0.25) is 5.02 Å². The Morgan fingerprint density at radius 1 is 1.26 bits per heavy atom. The number of rotatable bonds is 9. The number of hydrogen-bond donors (Lipinski definition) is 1. The topological polar surface area (TPSA) is 32.7 Å². The van der Waals surface area contributed by atoms with Crippen LogP contribution < -0.4 is 0 Å². The summed E-state index contributed by atoms with van der Waals surface area (Å²) in [6.07, 6.45) is -0.557. The van der Waals surface area contributed by atoms with Crippen LogP contribution in [0.1, 0.15) is 30.4 Å². The first-order valence-electron chi connectivity index (χ1n) is 7.88. The van der Waals surface area contributed by atoms with Gasteiger partial charge in [0.05, 0.1) is 18.8 Å². The minimum atomic E-state index is -0.496. The van der Waals surface area contributed by atoms with Gasteiger partial charge in [0.2, 0.25) is 0 Å². The lowest BCUT2D eigenvalue weighted by molar-refractivity contribution is -0.0160. The fourth-order valence-corrected chi connectivity index (χ4v) is 3.24. The van der Waals surface area contributed by atoms with E-state index in [1.54, 1.807) is 11.3 Å². The van der Waals surface area contributed by atoms with E-state index in [1.807, 2.05) is 31.2 Å². The molecule has 2 atom stereocenters. The van der Waals surface area contributed by atoms with Gasteiger partial charge in [-0.05, 0) is 42.6 Å². The second-order valence-corrected chi connectivity index (χ2v) is 7.06. The molecule has 0 saturated heterocycles. The zero-order valence-electron chi connectivity index (χ0n) is 13.6. The summed E-state index contributed by atoms with van der Waals surface area (Å²) in [4.78, 5) is 3.54. The fraction of sp³-hybridized carbons (Fsp3) is 0.444. The Labute approximate surface area is 147 Å². The van der Waals surface area contributed by atoms with Crippen molar-refractivity contribution in [2.75, 3.05) is 19.7 Å². The largest absolute Gasteiger partial charge is 0.389 e. The first kappa shape index (κ1) is 18.4. The molecular formula is C18H24ClNO2S. The number of hydrogen-bond acceptors (Lipinski definition) is 4. The maximum atomic E-state index is 10.2. The number of nitrogens with zero attached hydrogens (tertiary/aromatic N) is 1. The van der Waals surface area contributed by atoms with Gasteiger partial charge < -0.3 is 9.84 Å². The summed E-state index contributed by atoms with van der Waals surface area (Å²) in [5.41, 5.74) is 1.06. The molecule has 5 heteroatoms. The lowest BCUT2D eigenvalue weighted by Crippen LogP contribution is -2.34. The second-order valence-electron chi connectivity index (χ2n) is 5.59. The van der Waals surface area contributed by atoms with E-state index >= 15 is 0 Å². The monoisotopic (exact) mass is 353 g/mol. The molecule has 1 aromatic heterocycles. The third kappa shape index (κ3) is 6.24. The van der Waals surface area contributed by atoms with E-state index in [0.717, 1.165) is 18.7 Å². The predicted octanol–water partition coefficient (Wildman–Crippen LogP) is 4.36. The van der Waals surface area contributed by atoms with Crippen molar-refractivity contribution < 1.29 is 9.84 Å². The Bertz CT molecular complexity index is 559. The minimum absolute atomic E-state index is 0.0608. The highest BCUT2D eigenvalue weighted by Crippen LogP contribution is 2.19. The van der Waals surface area contributed by atoms with Crippen molar-refractivity contribution in [1.82, 2.24) is 4.90 Å². The van der Waals surface area contributed by atoms with Gasteiger partial charge in [-0.2, -0.15) is 0 Å². The van der Waals surface area contributed by atoms with Crippen LogP contribution in [-0.4, -0.2) is 35.8 Å². The zero-order chi connectivity index (χ0) is 16.7. The average molecular weight is 354 g/mol. The van der Waals surface area contributed by atoms with Crippen LogP contribution in [0.4, 0.5) is 0 Å². The molecule has 23 heavy (non-hydrogen) atoms. The molecular weight excluding hydrogens is 330 g/mol. The summed E-state index contributed by atoms with van der Waals surface area (Å²) >= 11 is 7.63. The molecule has 126 valence electrons. The van der Waals surface area contributed by atoms with Crippen molar-refractivity contribution in [3.05, 3.63) is 57.2 Å². The lowest BCUT2D eigenvalue weighted by Gasteiger charge is -2.24. The van der Waals surface area contributed by atoms with Crippen molar-refractivity contribution in [2.45, 2.75) is 32.6 Å². The highest BCUT2D eigenvalue weighted by atomic mass is 35.5. The Morgan fingerprint density at radius 3 is 2.61 bits per heavy atom. The van der Waals surface area contributed by atoms with Crippen LogP contribution in [0, 0.1) is 0 Å². The van der Waals surface area contributed by atoms with Crippen LogP contribution in [0.15, 0.2) is 41.8 Å². The van der Waals surface area contributed by atoms with Crippen molar-refractivity contribution in [3.63, 3.8) is 0 Å². The fourth-order valence-electron chi connectivity index (χ4n) is 2.36. The van der Waals surface area contributed by atoms with Crippen LogP contribution in [-0.2, 0) is 11.3 Å². The van der Waals surface area contributed by atoms with E-state index in [4.69, 9.17) is 16.3 Å². The Morgan fingerprint density at radius 2 is 2.00 bits per heavy atom. The molecule has 0 aliphatic carbocycles. The van der Waals surface area contributed by atoms with Crippen LogP contribution in [0.25, 0.3) is 0 Å². The molecule has 0 fully saturated rings. The van der Waals surface area contributed by atoms with Gasteiger partial charge in [0, 0.05) is 23.0 Å². The van der Waals surface area contributed by atoms with Crippen LogP contribution >= 0.6 is 22.9 Å². The summed E-state index contributed by atoms with van der Waals surface area (Å²) in [6.45, 7) is 6.81. The predicted molar refractivity (Wildman–Crippen MR) is 97.1 cm³/mol. The van der Waals surface area contributed by atoms with Gasteiger partial charge in [0.25, 0.3) is 0 Å². The van der Waals surface area contributed by atoms with Crippen LogP contribution in [0.5, 0.6) is 0 Å². The number of aliphatic hydroxyl groups excluding tert-OH is 1. The van der Waals surface area contributed by atoms with Crippen molar-refractivity contribution in [2.24, 2.45) is 0 Å². The smallest absolute Gasteiger partial charge is 0.0900 e. The molecule has 0 bridgehead atoms. The maximum Gasteiger partial charge on any atom is 0.0900 e. The molecule has 0 amide bonds. The summed E-state index contributed by atoms with van der Waals surface area (Å²) in [5, 5.41) is 13.0. The standard InChI is InChI=1S/C18H24ClNO2S/c1-3-20(12-18-5-4-10-23-18)11-17(21)13-22-14(2)15-6-8-16(19)9-7-15/h4-10,14,17,21H,3,11-13H2,1-2H3. The second kappa shape index (κ2) is 9.40. The molecule has 2 unspecified atom stereocenters. The first-order valence-corrected chi connectivity index (χ1v) is 9.14. The molecule has 1 heterocycles. The van der Waals surface area contributed by atoms with Gasteiger partial charge in [-0.15, -0.1) is 11.3 Å². The van der Waals surface area contributed by atoms with Crippen molar-refractivity contribution in [1.29, 1.82) is 0 Å². The third-order valence-electron chi connectivity index (χ3n) is 3.75. The molecule has 1 N–H and O–H groups in total. The normalized spacial score (nSPS) is 14.1. The van der Waals surface area contributed by atoms with E-state index in [-0.39, 0.29) is 6.10 Å². The highest BCUT2D eigenvalue weighted by molar-refractivity contribution is 7.09. The third-order valence-corrected chi connectivity index (χ3v) is 4.87. The molecule has 0 saturated carbocycles. The van der Waals surface area contributed by atoms with E-state index in [1.165, 1.54) is 4.88 Å². The van der Waals surface area contributed by atoms with E-state index in [0.29, 0.717) is 18.2 Å². The molecule has 0 aliphatic rings. The van der Waals surface area contributed by atoms with Crippen LogP contribution in [0.3, 0.4) is 0 Å². The number of ether oxygens (including phenoxy) is 1. The van der Waals surface area contributed by atoms with E-state index in [2.05, 4.69) is 29.3 Å². The Hall–Kier alpha value is -0.910. The molecule has 2 aromatic rings. The zero-order valence-corrected chi connectivity index (χ0v) is 15.2. The average Bonchev–Trinajstić information content (AvgIpc) is 3.05. The van der Waals surface area contributed by atoms with Gasteiger partial charge >= 0.3 is 0 Å². The van der Waals surface area contributed by atoms with Gasteiger partial charge in [0.1, 0.15) is 0 Å². The van der Waals surface area contributed by atoms with E-state index < -0.39 is 6.10 Å². The number of halogens is 1. The molecule has 2 rings (SSSR count). The number of likely N-dealkylation sites (N-methyl/N-ethyl adjacent to an activating group) is 1. The molecule has 0 aliphatic heterocycles. The Balaban J connectivity index is 1.76. The molecule has 0 radical (unpaired) electrons. The summed E-state index contributed by atoms with van der Waals surface area (Å²) in [6, 6.07) is 11.8. The molecule has 3 nitrogen and oxygen atoms in total. The number of aliphatic hydroxyl groups is 1. The summed E-state index contributed by atoms with van der Waals surface area (Å²) in [7, 11) is 0. The van der Waals surface area contributed by atoms with Crippen molar-refractivity contribution in [3.8, 4) is 0 Å². The molecule has 1 aromatic carbocycles. The minimum Gasteiger partial charge on any atom is -0.389 e. The number of thiophene rings is 1. The first-order chi connectivity index (χ1) is 11.1. The SMILES string of the molecule is CCN(Cc1cccs1)CC(O)COC(C)c1ccc(Cl)cc1. The lowest BCUT2D eigenvalue weighted by atomic mass is 10.1. The summed E-state index contributed by atoms with van der Waals surface area (Å²) < 4.78 is 5.79. The van der Waals surface area contributed by atoms with Gasteiger partial charge in [-0.1, -0.05) is 36.7 Å². The van der Waals surface area contributed by atoms with E-state index in [9.17, 15) is 5.11 Å². The maximum absolute atomic E-state index is 10.2. The van der Waals surface area contributed by atoms with Gasteiger partial charge in [0.15, 0.2) is 0 Å². The molecule has 0 spiro atoms. The quantitative estimate of drug-likeness (QED) is 0.727. The van der Waals surface area contributed by atoms with Crippen molar-refractivity contribution >= 4 is 22.9 Å². The van der Waals surface area contributed by atoms with Gasteiger partial charge in [-0.25, -0.2) is 0 Å². The summed E-state index contributed by atoms with van der Waals surface area (Å²) in [5.74, 6) is 0. The number of benzene rings is 1. The van der Waals surface area contributed by atoms with Gasteiger partial charge in [-0.3, -0.25) is 4.90 Å². The highest BCUT2D eigenvalue weighted by Gasteiger charge is 2.14. The Kier molecular flexibility index (Phi) is 7.53.